The number of rotatable bonds is 6. The predicted octanol–water partition coefficient (Wildman–Crippen LogP) is 3.45. The van der Waals surface area contributed by atoms with Crippen LogP contribution in [0.25, 0.3) is 10.9 Å². The maximum absolute atomic E-state index is 11.6. The number of aromatic amines is 1. The number of nitrogens with two attached hydrogens (primary N) is 1. The lowest BCUT2D eigenvalue weighted by molar-refractivity contribution is 0.607. The molecule has 0 amide bonds. The molecule has 4 aromatic rings. The van der Waals surface area contributed by atoms with E-state index >= 15 is 0 Å². The van der Waals surface area contributed by atoms with Gasteiger partial charge in [0.25, 0.3) is 0 Å². The van der Waals surface area contributed by atoms with Gasteiger partial charge < -0.3 is 16.4 Å². The SMILES string of the molecule is CS(=O)(=O)Nc1ccccc1Nc1nc(Nc2ccc3c(N)n[nH]c3c2)ncc1Cl. The van der Waals surface area contributed by atoms with Gasteiger partial charge in [-0.25, -0.2) is 13.4 Å². The van der Waals surface area contributed by atoms with Gasteiger partial charge in [-0.1, -0.05) is 23.7 Å². The molecule has 30 heavy (non-hydrogen) atoms. The second kappa shape index (κ2) is 7.69. The summed E-state index contributed by atoms with van der Waals surface area (Å²) >= 11 is 6.23. The zero-order valence-corrected chi connectivity index (χ0v) is 17.2. The van der Waals surface area contributed by atoms with Crippen molar-refractivity contribution < 1.29 is 8.42 Å². The first-order valence-electron chi connectivity index (χ1n) is 8.65. The van der Waals surface area contributed by atoms with E-state index in [-0.39, 0.29) is 5.02 Å². The minimum Gasteiger partial charge on any atom is -0.382 e. The zero-order valence-electron chi connectivity index (χ0n) is 15.6. The van der Waals surface area contributed by atoms with Gasteiger partial charge in [0.2, 0.25) is 16.0 Å². The highest BCUT2D eigenvalue weighted by molar-refractivity contribution is 7.92. The van der Waals surface area contributed by atoms with Gasteiger partial charge in [0, 0.05) is 11.1 Å². The zero-order chi connectivity index (χ0) is 21.3. The summed E-state index contributed by atoms with van der Waals surface area (Å²) in [7, 11) is -3.45. The van der Waals surface area contributed by atoms with Crippen LogP contribution in [0.2, 0.25) is 5.02 Å². The molecule has 0 spiro atoms. The average Bonchev–Trinajstić information content (AvgIpc) is 3.05. The molecule has 0 atom stereocenters. The fourth-order valence-corrected chi connectivity index (χ4v) is 3.49. The smallest absolute Gasteiger partial charge is 0.229 e. The van der Waals surface area contributed by atoms with E-state index in [4.69, 9.17) is 17.3 Å². The lowest BCUT2D eigenvalue weighted by Crippen LogP contribution is -2.11. The third-order valence-corrected chi connectivity index (χ3v) is 4.94. The summed E-state index contributed by atoms with van der Waals surface area (Å²) in [6.45, 7) is 0. The molecule has 10 nitrogen and oxygen atoms in total. The number of fused-ring (bicyclic) bond motifs is 1. The first-order chi connectivity index (χ1) is 14.3. The summed E-state index contributed by atoms with van der Waals surface area (Å²) in [6, 6.07) is 12.3. The molecule has 4 rings (SSSR count). The summed E-state index contributed by atoms with van der Waals surface area (Å²) in [4.78, 5) is 8.58. The van der Waals surface area contributed by atoms with Crippen LogP contribution in [0, 0.1) is 0 Å². The minimum absolute atomic E-state index is 0.270. The van der Waals surface area contributed by atoms with Crippen molar-refractivity contribution in [1.82, 2.24) is 20.2 Å². The first kappa shape index (κ1) is 19.7. The molecule has 0 aliphatic heterocycles. The molecular weight excluding hydrogens is 428 g/mol. The number of para-hydroxylation sites is 2. The van der Waals surface area contributed by atoms with Crippen LogP contribution in [0.3, 0.4) is 0 Å². The van der Waals surface area contributed by atoms with E-state index in [1.165, 1.54) is 6.20 Å². The molecule has 0 saturated carbocycles. The van der Waals surface area contributed by atoms with Crippen molar-refractivity contribution in [2.45, 2.75) is 0 Å². The van der Waals surface area contributed by atoms with Crippen molar-refractivity contribution in [1.29, 1.82) is 0 Å². The Balaban J connectivity index is 1.61. The molecule has 154 valence electrons. The molecule has 2 aromatic heterocycles. The summed E-state index contributed by atoms with van der Waals surface area (Å²) < 4.78 is 25.7. The number of hydrogen-bond donors (Lipinski definition) is 5. The van der Waals surface area contributed by atoms with Crippen molar-refractivity contribution in [3.63, 3.8) is 0 Å². The number of halogens is 1. The van der Waals surface area contributed by atoms with E-state index in [0.29, 0.717) is 29.0 Å². The largest absolute Gasteiger partial charge is 0.382 e. The highest BCUT2D eigenvalue weighted by Gasteiger charge is 2.12. The standard InChI is InChI=1S/C18H17ClN8O2S/c1-30(28,29)27-14-5-3-2-4-13(14)23-17-12(19)9-21-18(24-17)22-10-6-7-11-15(8-10)25-26-16(11)20/h2-9,27H,1H3,(H3,20,25,26)(H2,21,22,23,24). The van der Waals surface area contributed by atoms with Gasteiger partial charge in [-0.3, -0.25) is 9.82 Å². The lowest BCUT2D eigenvalue weighted by atomic mass is 10.2. The minimum atomic E-state index is -3.45. The monoisotopic (exact) mass is 444 g/mol. The Bertz CT molecular complexity index is 1340. The van der Waals surface area contributed by atoms with Crippen LogP contribution in [0.5, 0.6) is 0 Å². The molecule has 2 aromatic carbocycles. The molecule has 2 heterocycles. The molecule has 0 fully saturated rings. The van der Waals surface area contributed by atoms with Gasteiger partial charge in [-0.15, -0.1) is 0 Å². The Morgan fingerprint density at radius 2 is 1.87 bits per heavy atom. The van der Waals surface area contributed by atoms with Crippen molar-refractivity contribution in [2.24, 2.45) is 0 Å². The van der Waals surface area contributed by atoms with Crippen molar-refractivity contribution in [3.8, 4) is 0 Å². The number of H-pyrrole nitrogens is 1. The number of nitrogens with one attached hydrogen (secondary N) is 4. The van der Waals surface area contributed by atoms with Crippen LogP contribution in [0.4, 0.5) is 34.6 Å². The number of benzene rings is 2. The summed E-state index contributed by atoms with van der Waals surface area (Å²) in [5.41, 5.74) is 8.13. The van der Waals surface area contributed by atoms with Gasteiger partial charge in [-0.05, 0) is 30.3 Å². The highest BCUT2D eigenvalue weighted by Crippen LogP contribution is 2.30. The van der Waals surface area contributed by atoms with E-state index in [2.05, 4.69) is 35.5 Å². The summed E-state index contributed by atoms with van der Waals surface area (Å²) in [6.07, 6.45) is 2.52. The third-order valence-electron chi connectivity index (χ3n) is 4.07. The van der Waals surface area contributed by atoms with Crippen LogP contribution >= 0.6 is 11.6 Å². The van der Waals surface area contributed by atoms with Crippen LogP contribution in [0.1, 0.15) is 0 Å². The van der Waals surface area contributed by atoms with Gasteiger partial charge in [0.1, 0.15) is 5.02 Å². The van der Waals surface area contributed by atoms with Crippen LogP contribution in [0.15, 0.2) is 48.7 Å². The van der Waals surface area contributed by atoms with E-state index in [9.17, 15) is 8.42 Å². The fraction of sp³-hybridized carbons (Fsp3) is 0.0556. The molecule has 0 saturated heterocycles. The molecule has 0 radical (unpaired) electrons. The lowest BCUT2D eigenvalue weighted by Gasteiger charge is -2.14. The van der Waals surface area contributed by atoms with Gasteiger partial charge >= 0.3 is 0 Å². The second-order valence-corrected chi connectivity index (χ2v) is 8.58. The average molecular weight is 445 g/mol. The van der Waals surface area contributed by atoms with Crippen molar-refractivity contribution >= 4 is 67.2 Å². The number of anilines is 6. The first-order valence-corrected chi connectivity index (χ1v) is 10.9. The van der Waals surface area contributed by atoms with Crippen LogP contribution in [-0.2, 0) is 10.0 Å². The third kappa shape index (κ3) is 4.36. The maximum atomic E-state index is 11.6. The van der Waals surface area contributed by atoms with Crippen molar-refractivity contribution in [3.05, 3.63) is 53.7 Å². The normalized spacial score (nSPS) is 11.4. The number of aromatic nitrogens is 4. The van der Waals surface area contributed by atoms with Gasteiger partial charge in [-0.2, -0.15) is 10.1 Å². The molecule has 12 heteroatoms. The van der Waals surface area contributed by atoms with E-state index in [1.807, 2.05) is 18.2 Å². The fourth-order valence-electron chi connectivity index (χ4n) is 2.77. The van der Waals surface area contributed by atoms with E-state index < -0.39 is 10.0 Å². The molecule has 0 aliphatic rings. The maximum Gasteiger partial charge on any atom is 0.229 e. The second-order valence-electron chi connectivity index (χ2n) is 6.43. The molecule has 0 bridgehead atoms. The topological polar surface area (TPSA) is 151 Å². The Labute approximate surface area is 176 Å². The van der Waals surface area contributed by atoms with Crippen molar-refractivity contribution in [2.75, 3.05) is 27.3 Å². The Morgan fingerprint density at radius 3 is 2.63 bits per heavy atom. The molecule has 6 N–H and O–H groups in total. The Morgan fingerprint density at radius 1 is 1.10 bits per heavy atom. The Hall–Kier alpha value is -3.57. The van der Waals surface area contributed by atoms with Crippen LogP contribution < -0.4 is 21.1 Å². The number of nitrogen functional groups attached to an aromatic ring is 1. The highest BCUT2D eigenvalue weighted by atomic mass is 35.5. The summed E-state index contributed by atoms with van der Waals surface area (Å²) in [5, 5.41) is 14.0. The Kier molecular flexibility index (Phi) is 5.06. The predicted molar refractivity (Wildman–Crippen MR) is 119 cm³/mol. The number of nitrogens with zero attached hydrogens (tertiary/aromatic N) is 3. The number of hydrogen-bond acceptors (Lipinski definition) is 8. The molecular formula is C18H17ClN8O2S. The molecule has 0 unspecified atom stereocenters. The van der Waals surface area contributed by atoms with Gasteiger partial charge in [0.15, 0.2) is 11.6 Å². The van der Waals surface area contributed by atoms with E-state index in [0.717, 1.165) is 22.8 Å². The van der Waals surface area contributed by atoms with Gasteiger partial charge in [0.05, 0.1) is 29.3 Å². The molecule has 0 aliphatic carbocycles. The summed E-state index contributed by atoms with van der Waals surface area (Å²) in [5.74, 6) is 1.03. The number of sulfonamides is 1. The quantitative estimate of drug-likeness (QED) is 0.303. The van der Waals surface area contributed by atoms with Crippen LogP contribution in [-0.4, -0.2) is 34.8 Å². The van der Waals surface area contributed by atoms with E-state index in [1.54, 1.807) is 24.3 Å².